The first-order chi connectivity index (χ1) is 7.01. The van der Waals surface area contributed by atoms with Crippen molar-refractivity contribution in [2.75, 3.05) is 25.7 Å². The number of halogens is 1. The number of hydrogen-bond acceptors (Lipinski definition) is 6. The van der Waals surface area contributed by atoms with Crippen molar-refractivity contribution in [3.05, 3.63) is 0 Å². The number of ether oxygens (including phenoxy) is 2. The Morgan fingerprint density at radius 3 is 2.67 bits per heavy atom. The molecule has 0 radical (unpaired) electrons. The molecule has 1 aliphatic rings. The zero-order valence-electron chi connectivity index (χ0n) is 8.04. The normalized spacial score (nSPS) is 41.8. The minimum atomic E-state index is -2.00. The van der Waals surface area contributed by atoms with E-state index in [1.54, 1.807) is 0 Å². The van der Waals surface area contributed by atoms with E-state index < -0.39 is 24.1 Å². The molecule has 0 amide bonds. The van der Waals surface area contributed by atoms with E-state index in [0.29, 0.717) is 0 Å². The highest BCUT2D eigenvalue weighted by Crippen LogP contribution is 2.24. The van der Waals surface area contributed by atoms with Crippen LogP contribution in [0, 0.1) is 0 Å². The Bertz CT molecular complexity index is 204. The van der Waals surface area contributed by atoms with E-state index >= 15 is 0 Å². The third-order valence-electron chi connectivity index (χ3n) is 2.21. The molecular formula is C8H15ClO6. The largest absolute Gasteiger partial charge is 0.388 e. The highest BCUT2D eigenvalue weighted by molar-refractivity contribution is 6.17. The summed E-state index contributed by atoms with van der Waals surface area (Å²) in [4.78, 5) is 0. The Hall–Kier alpha value is 0.0500. The Morgan fingerprint density at radius 1 is 1.40 bits per heavy atom. The number of rotatable bonds is 4. The zero-order chi connectivity index (χ0) is 11.5. The van der Waals surface area contributed by atoms with Gasteiger partial charge in [-0.15, -0.1) is 11.6 Å². The number of aliphatic hydroxyl groups is 4. The molecule has 0 aromatic rings. The molecule has 0 aromatic heterocycles. The molecule has 0 spiro atoms. The Morgan fingerprint density at radius 2 is 2.07 bits per heavy atom. The van der Waals surface area contributed by atoms with Crippen molar-refractivity contribution in [3.63, 3.8) is 0 Å². The highest BCUT2D eigenvalue weighted by Gasteiger charge is 2.48. The lowest BCUT2D eigenvalue weighted by Gasteiger charge is -2.41. The smallest absolute Gasteiger partial charge is 0.219 e. The van der Waals surface area contributed by atoms with Crippen LogP contribution in [0.15, 0.2) is 0 Å². The van der Waals surface area contributed by atoms with Gasteiger partial charge in [-0.1, -0.05) is 0 Å². The van der Waals surface area contributed by atoms with Crippen LogP contribution in [0.1, 0.15) is 0 Å². The second-order valence-electron chi connectivity index (χ2n) is 3.40. The van der Waals surface area contributed by atoms with Gasteiger partial charge in [0.15, 0.2) is 0 Å². The van der Waals surface area contributed by atoms with Gasteiger partial charge in [-0.3, -0.25) is 0 Å². The van der Waals surface area contributed by atoms with Crippen LogP contribution in [0.5, 0.6) is 0 Å². The van der Waals surface area contributed by atoms with Crippen molar-refractivity contribution >= 4 is 11.6 Å². The number of alkyl halides is 1. The van der Waals surface area contributed by atoms with E-state index in [2.05, 4.69) is 0 Å². The molecule has 0 bridgehead atoms. The van der Waals surface area contributed by atoms with Gasteiger partial charge in [0.1, 0.15) is 24.9 Å². The van der Waals surface area contributed by atoms with Crippen LogP contribution >= 0.6 is 11.6 Å². The van der Waals surface area contributed by atoms with Gasteiger partial charge in [0.2, 0.25) is 5.79 Å². The summed E-state index contributed by atoms with van der Waals surface area (Å²) in [6, 6.07) is 0. The Kier molecular flexibility index (Phi) is 4.72. The third kappa shape index (κ3) is 3.01. The first-order valence-electron chi connectivity index (χ1n) is 4.55. The molecule has 7 heteroatoms. The monoisotopic (exact) mass is 242 g/mol. The molecule has 1 rings (SSSR count). The first-order valence-corrected chi connectivity index (χ1v) is 5.09. The van der Waals surface area contributed by atoms with Crippen LogP contribution in [-0.4, -0.2) is 70.2 Å². The summed E-state index contributed by atoms with van der Waals surface area (Å²) in [5.41, 5.74) is 0. The quantitative estimate of drug-likeness (QED) is 0.338. The van der Waals surface area contributed by atoms with Gasteiger partial charge < -0.3 is 29.9 Å². The van der Waals surface area contributed by atoms with E-state index in [0.717, 1.165) is 0 Å². The van der Waals surface area contributed by atoms with Crippen molar-refractivity contribution < 1.29 is 29.9 Å². The second-order valence-corrected chi connectivity index (χ2v) is 3.78. The highest BCUT2D eigenvalue weighted by atomic mass is 35.5. The average molecular weight is 243 g/mol. The summed E-state index contributed by atoms with van der Waals surface area (Å²) in [5, 5.41) is 37.7. The zero-order valence-corrected chi connectivity index (χ0v) is 8.80. The Balaban J connectivity index is 2.51. The molecule has 15 heavy (non-hydrogen) atoms. The van der Waals surface area contributed by atoms with Crippen molar-refractivity contribution in [3.8, 4) is 0 Å². The lowest BCUT2D eigenvalue weighted by molar-refractivity contribution is -0.334. The van der Waals surface area contributed by atoms with Gasteiger partial charge in [0.05, 0.1) is 13.2 Å². The van der Waals surface area contributed by atoms with E-state index in [9.17, 15) is 15.3 Å². The summed E-state index contributed by atoms with van der Waals surface area (Å²) in [7, 11) is 0. The molecule has 1 saturated heterocycles. The van der Waals surface area contributed by atoms with Gasteiger partial charge in [0, 0.05) is 5.88 Å². The van der Waals surface area contributed by atoms with Crippen LogP contribution in [0.3, 0.4) is 0 Å². The first kappa shape index (κ1) is 13.1. The molecule has 1 heterocycles. The molecule has 0 aromatic carbocycles. The Labute approximate surface area is 92.0 Å². The molecule has 0 unspecified atom stereocenters. The molecule has 0 aliphatic carbocycles. The molecule has 1 fully saturated rings. The van der Waals surface area contributed by atoms with Crippen molar-refractivity contribution in [2.45, 2.75) is 24.1 Å². The maximum atomic E-state index is 9.74. The topological polar surface area (TPSA) is 99.4 Å². The third-order valence-corrected chi connectivity index (χ3v) is 2.37. The number of aliphatic hydroxyl groups excluding tert-OH is 3. The van der Waals surface area contributed by atoms with Crippen LogP contribution in [0.25, 0.3) is 0 Å². The van der Waals surface area contributed by atoms with Crippen LogP contribution in [0.2, 0.25) is 0 Å². The van der Waals surface area contributed by atoms with Gasteiger partial charge in [-0.25, -0.2) is 0 Å². The molecule has 0 saturated carbocycles. The fourth-order valence-corrected chi connectivity index (χ4v) is 1.40. The lowest BCUT2D eigenvalue weighted by atomic mass is 9.97. The summed E-state index contributed by atoms with van der Waals surface area (Å²) < 4.78 is 9.75. The van der Waals surface area contributed by atoms with E-state index in [-0.39, 0.29) is 25.7 Å². The van der Waals surface area contributed by atoms with Crippen molar-refractivity contribution in [1.29, 1.82) is 0 Å². The van der Waals surface area contributed by atoms with Crippen LogP contribution in [-0.2, 0) is 9.47 Å². The maximum Gasteiger partial charge on any atom is 0.219 e. The fraction of sp³-hybridized carbons (Fsp3) is 1.00. The molecule has 6 nitrogen and oxygen atoms in total. The molecule has 4 N–H and O–H groups in total. The minimum absolute atomic E-state index is 0.193. The van der Waals surface area contributed by atoms with Gasteiger partial charge in [0.25, 0.3) is 0 Å². The molecular weight excluding hydrogens is 228 g/mol. The summed E-state index contributed by atoms with van der Waals surface area (Å²) >= 11 is 5.35. The molecule has 4 atom stereocenters. The van der Waals surface area contributed by atoms with Gasteiger partial charge >= 0.3 is 0 Å². The predicted octanol–water partition coefficient (Wildman–Crippen LogP) is -1.96. The lowest BCUT2D eigenvalue weighted by Crippen LogP contribution is -2.62. The van der Waals surface area contributed by atoms with E-state index in [1.807, 2.05) is 0 Å². The van der Waals surface area contributed by atoms with Gasteiger partial charge in [-0.2, -0.15) is 0 Å². The standard InChI is InChI=1S/C8H15ClO6/c9-1-2-14-4-8(13)7(12)6(11)5(10)3-15-8/h5-7,10-13H,1-4H2/t5-,6-,7+,8+/m1/s1. The van der Waals surface area contributed by atoms with Crippen LogP contribution < -0.4 is 0 Å². The van der Waals surface area contributed by atoms with Crippen LogP contribution in [0.4, 0.5) is 0 Å². The summed E-state index contributed by atoms with van der Waals surface area (Å²) in [5.74, 6) is -1.75. The van der Waals surface area contributed by atoms with E-state index in [4.69, 9.17) is 26.2 Å². The van der Waals surface area contributed by atoms with Crippen molar-refractivity contribution in [2.24, 2.45) is 0 Å². The fourth-order valence-electron chi connectivity index (χ4n) is 1.29. The summed E-state index contributed by atoms with van der Waals surface area (Å²) in [6.07, 6.45) is -4.28. The number of hydrogen-bond donors (Lipinski definition) is 4. The molecule has 1 aliphatic heterocycles. The SMILES string of the molecule is O[C@@H]1[C@H](O)CO[C@@](O)(COCCCl)[C@H]1O. The second kappa shape index (κ2) is 5.40. The van der Waals surface area contributed by atoms with Gasteiger partial charge in [-0.05, 0) is 0 Å². The molecule has 90 valence electrons. The maximum absolute atomic E-state index is 9.74. The average Bonchev–Trinajstić information content (AvgIpc) is 2.22. The predicted molar refractivity (Wildman–Crippen MR) is 50.5 cm³/mol. The minimum Gasteiger partial charge on any atom is -0.388 e. The van der Waals surface area contributed by atoms with Crippen molar-refractivity contribution in [1.82, 2.24) is 0 Å². The van der Waals surface area contributed by atoms with E-state index in [1.165, 1.54) is 0 Å². The summed E-state index contributed by atoms with van der Waals surface area (Å²) in [6.45, 7) is -0.387.